The number of benzene rings is 1. The average Bonchev–Trinajstić information content (AvgIpc) is 2.93. The second-order valence-corrected chi connectivity index (χ2v) is 4.71. The summed E-state index contributed by atoms with van der Waals surface area (Å²) >= 11 is 0. The third-order valence-corrected chi connectivity index (χ3v) is 3.47. The highest BCUT2D eigenvalue weighted by molar-refractivity contribution is 5.73. The van der Waals surface area contributed by atoms with Gasteiger partial charge in [-0.3, -0.25) is 4.79 Å². The molecule has 110 valence electrons. The minimum Gasteiger partial charge on any atom is -0.493 e. The van der Waals surface area contributed by atoms with Gasteiger partial charge in [0.05, 0.1) is 14.2 Å². The lowest BCUT2D eigenvalue weighted by atomic mass is 10.2. The molecule has 0 aromatic heterocycles. The number of hydrazine groups is 1. The first-order valence-electron chi connectivity index (χ1n) is 6.59. The van der Waals surface area contributed by atoms with E-state index in [-0.39, 0.29) is 0 Å². The van der Waals surface area contributed by atoms with Gasteiger partial charge < -0.3 is 14.6 Å². The van der Waals surface area contributed by atoms with E-state index in [1.807, 2.05) is 18.2 Å². The molecule has 6 heteroatoms. The smallest absolute Gasteiger partial charge is 0.322 e. The van der Waals surface area contributed by atoms with Crippen LogP contribution in [0.5, 0.6) is 11.5 Å². The lowest BCUT2D eigenvalue weighted by Gasteiger charge is -2.22. The van der Waals surface area contributed by atoms with Crippen LogP contribution >= 0.6 is 0 Å². The molecule has 0 radical (unpaired) electrons. The van der Waals surface area contributed by atoms with Crippen molar-refractivity contribution in [3.8, 4) is 11.5 Å². The molecule has 2 rings (SSSR count). The van der Waals surface area contributed by atoms with E-state index in [0.717, 1.165) is 18.5 Å². The van der Waals surface area contributed by atoms with Crippen molar-refractivity contribution >= 4 is 5.97 Å². The van der Waals surface area contributed by atoms with Gasteiger partial charge in [0.1, 0.15) is 6.04 Å². The molecule has 1 atom stereocenters. The topological polar surface area (TPSA) is 71.0 Å². The number of methoxy groups -OCH3 is 2. The summed E-state index contributed by atoms with van der Waals surface area (Å²) < 4.78 is 10.4. The zero-order valence-electron chi connectivity index (χ0n) is 11.8. The Labute approximate surface area is 118 Å². The molecule has 1 aliphatic heterocycles. The van der Waals surface area contributed by atoms with E-state index < -0.39 is 12.0 Å². The molecule has 1 heterocycles. The van der Waals surface area contributed by atoms with Gasteiger partial charge in [0.15, 0.2) is 11.5 Å². The fraction of sp³-hybridized carbons (Fsp3) is 0.500. The summed E-state index contributed by atoms with van der Waals surface area (Å²) in [6, 6.07) is 5.22. The molecule has 6 nitrogen and oxygen atoms in total. The Bertz CT molecular complexity index is 478. The number of aliphatic carboxylic acids is 1. The number of carbonyl (C=O) groups is 1. The van der Waals surface area contributed by atoms with Crippen molar-refractivity contribution in [1.82, 2.24) is 10.4 Å². The molecule has 1 fully saturated rings. The number of rotatable bonds is 6. The molecule has 0 unspecified atom stereocenters. The van der Waals surface area contributed by atoms with Gasteiger partial charge in [-0.05, 0) is 30.5 Å². The lowest BCUT2D eigenvalue weighted by Crippen LogP contribution is -2.45. The van der Waals surface area contributed by atoms with Crippen LogP contribution in [-0.4, -0.2) is 42.9 Å². The van der Waals surface area contributed by atoms with Crippen molar-refractivity contribution < 1.29 is 19.4 Å². The van der Waals surface area contributed by atoms with Crippen molar-refractivity contribution in [3.63, 3.8) is 0 Å². The van der Waals surface area contributed by atoms with Gasteiger partial charge in [0.2, 0.25) is 0 Å². The Morgan fingerprint density at radius 3 is 2.80 bits per heavy atom. The SMILES string of the molecule is COc1ccc(CNN2CCC[C@H]2C(=O)O)cc1OC. The summed E-state index contributed by atoms with van der Waals surface area (Å²) in [6.07, 6.45) is 1.59. The van der Waals surface area contributed by atoms with E-state index in [4.69, 9.17) is 14.6 Å². The summed E-state index contributed by atoms with van der Waals surface area (Å²) in [6.45, 7) is 1.31. The molecular formula is C14H20N2O4. The normalized spacial score (nSPS) is 19.0. The van der Waals surface area contributed by atoms with Crippen LogP contribution in [0.15, 0.2) is 18.2 Å². The number of hydrogen-bond donors (Lipinski definition) is 2. The third-order valence-electron chi connectivity index (χ3n) is 3.47. The van der Waals surface area contributed by atoms with Crippen molar-refractivity contribution in [2.45, 2.75) is 25.4 Å². The number of hydrogen-bond acceptors (Lipinski definition) is 5. The number of nitrogens with zero attached hydrogens (tertiary/aromatic N) is 1. The third kappa shape index (κ3) is 3.20. The molecular weight excluding hydrogens is 260 g/mol. The predicted octanol–water partition coefficient (Wildman–Crippen LogP) is 1.26. The van der Waals surface area contributed by atoms with Crippen molar-refractivity contribution in [2.75, 3.05) is 20.8 Å². The number of nitrogens with one attached hydrogen (secondary N) is 1. The van der Waals surface area contributed by atoms with Crippen LogP contribution in [-0.2, 0) is 11.3 Å². The van der Waals surface area contributed by atoms with Crippen molar-refractivity contribution in [3.05, 3.63) is 23.8 Å². The molecule has 0 amide bonds. The van der Waals surface area contributed by atoms with E-state index in [9.17, 15) is 4.79 Å². The van der Waals surface area contributed by atoms with Gasteiger partial charge in [-0.15, -0.1) is 0 Å². The molecule has 0 saturated carbocycles. The quantitative estimate of drug-likeness (QED) is 0.817. The molecule has 1 saturated heterocycles. The first-order valence-corrected chi connectivity index (χ1v) is 6.59. The summed E-state index contributed by atoms with van der Waals surface area (Å²) in [5, 5.41) is 10.9. The lowest BCUT2D eigenvalue weighted by molar-refractivity contribution is -0.143. The van der Waals surface area contributed by atoms with Gasteiger partial charge in [-0.2, -0.15) is 0 Å². The van der Waals surface area contributed by atoms with E-state index in [0.29, 0.717) is 24.5 Å². The van der Waals surface area contributed by atoms with Crippen LogP contribution in [0.25, 0.3) is 0 Å². The predicted molar refractivity (Wildman–Crippen MR) is 73.7 cm³/mol. The standard InChI is InChI=1S/C14H20N2O4/c1-19-12-6-5-10(8-13(12)20-2)9-15-16-7-3-4-11(16)14(17)18/h5-6,8,11,15H,3-4,7,9H2,1-2H3,(H,17,18)/t11-/m0/s1. The Morgan fingerprint density at radius 1 is 1.40 bits per heavy atom. The summed E-state index contributed by atoms with van der Waals surface area (Å²) in [5.41, 5.74) is 4.19. The maximum absolute atomic E-state index is 11.1. The summed E-state index contributed by atoms with van der Waals surface area (Å²) in [7, 11) is 3.19. The number of ether oxygens (including phenoxy) is 2. The Balaban J connectivity index is 1.98. The molecule has 0 bridgehead atoms. The van der Waals surface area contributed by atoms with Gasteiger partial charge in [0.25, 0.3) is 0 Å². The van der Waals surface area contributed by atoms with Crippen LogP contribution in [0, 0.1) is 0 Å². The minimum atomic E-state index is -0.776. The Hall–Kier alpha value is -1.79. The average molecular weight is 280 g/mol. The Morgan fingerprint density at radius 2 is 2.15 bits per heavy atom. The van der Waals surface area contributed by atoms with Gasteiger partial charge in [-0.25, -0.2) is 10.4 Å². The molecule has 0 aliphatic carbocycles. The highest BCUT2D eigenvalue weighted by atomic mass is 16.5. The van der Waals surface area contributed by atoms with E-state index in [1.54, 1.807) is 19.2 Å². The van der Waals surface area contributed by atoms with Crippen molar-refractivity contribution in [2.24, 2.45) is 0 Å². The molecule has 2 N–H and O–H groups in total. The first kappa shape index (κ1) is 14.6. The monoisotopic (exact) mass is 280 g/mol. The van der Waals surface area contributed by atoms with Crippen LogP contribution < -0.4 is 14.9 Å². The van der Waals surface area contributed by atoms with E-state index in [1.165, 1.54) is 0 Å². The van der Waals surface area contributed by atoms with Gasteiger partial charge in [-0.1, -0.05) is 6.07 Å². The molecule has 0 spiro atoms. The largest absolute Gasteiger partial charge is 0.493 e. The van der Waals surface area contributed by atoms with Gasteiger partial charge in [0, 0.05) is 13.1 Å². The second-order valence-electron chi connectivity index (χ2n) is 4.71. The van der Waals surface area contributed by atoms with Crippen LogP contribution in [0.4, 0.5) is 0 Å². The maximum atomic E-state index is 11.1. The van der Waals surface area contributed by atoms with Crippen LogP contribution in [0.2, 0.25) is 0 Å². The van der Waals surface area contributed by atoms with Gasteiger partial charge >= 0.3 is 5.97 Å². The highest BCUT2D eigenvalue weighted by Gasteiger charge is 2.30. The number of carboxylic acid groups (broad SMARTS) is 1. The number of carboxylic acids is 1. The molecule has 1 aliphatic rings. The van der Waals surface area contributed by atoms with Crippen molar-refractivity contribution in [1.29, 1.82) is 0 Å². The zero-order chi connectivity index (χ0) is 14.5. The van der Waals surface area contributed by atoms with Crippen LogP contribution in [0.3, 0.4) is 0 Å². The molecule has 1 aromatic carbocycles. The maximum Gasteiger partial charge on any atom is 0.322 e. The summed E-state index contributed by atoms with van der Waals surface area (Å²) in [5.74, 6) is 0.575. The summed E-state index contributed by atoms with van der Waals surface area (Å²) in [4.78, 5) is 11.1. The fourth-order valence-corrected chi connectivity index (χ4v) is 2.40. The molecule has 1 aromatic rings. The highest BCUT2D eigenvalue weighted by Crippen LogP contribution is 2.27. The first-order chi connectivity index (χ1) is 9.65. The second kappa shape index (κ2) is 6.58. The van der Waals surface area contributed by atoms with Crippen LogP contribution in [0.1, 0.15) is 18.4 Å². The minimum absolute atomic E-state index is 0.435. The fourth-order valence-electron chi connectivity index (χ4n) is 2.40. The molecule has 20 heavy (non-hydrogen) atoms. The Kier molecular flexibility index (Phi) is 4.81. The zero-order valence-corrected chi connectivity index (χ0v) is 11.8. The van der Waals surface area contributed by atoms with E-state index in [2.05, 4.69) is 5.43 Å². The van der Waals surface area contributed by atoms with E-state index >= 15 is 0 Å².